The van der Waals surface area contributed by atoms with Crippen LogP contribution >= 0.6 is 0 Å². The van der Waals surface area contributed by atoms with Gasteiger partial charge < -0.3 is 15.5 Å². The fourth-order valence-corrected chi connectivity index (χ4v) is 4.12. The molecule has 5 rings (SSSR count). The second-order valence-corrected chi connectivity index (χ2v) is 8.27. The van der Waals surface area contributed by atoms with E-state index in [-0.39, 0.29) is 5.91 Å². The van der Waals surface area contributed by atoms with E-state index in [1.165, 1.54) is 0 Å². The highest BCUT2D eigenvalue weighted by Crippen LogP contribution is 2.23. The van der Waals surface area contributed by atoms with Gasteiger partial charge in [0.05, 0.1) is 17.4 Å². The van der Waals surface area contributed by atoms with E-state index < -0.39 is 0 Å². The van der Waals surface area contributed by atoms with Crippen LogP contribution in [0.5, 0.6) is 0 Å². The Balaban J connectivity index is 1.33. The summed E-state index contributed by atoms with van der Waals surface area (Å²) in [5, 5.41) is 11.3. The van der Waals surface area contributed by atoms with Crippen molar-refractivity contribution in [2.45, 2.75) is 18.9 Å². The van der Waals surface area contributed by atoms with Gasteiger partial charge in [0.15, 0.2) is 0 Å². The number of nitrogens with zero attached hydrogens (tertiary/aromatic N) is 6. The van der Waals surface area contributed by atoms with Gasteiger partial charge in [-0.15, -0.1) is 0 Å². The van der Waals surface area contributed by atoms with Crippen molar-refractivity contribution < 1.29 is 4.79 Å². The number of aromatic nitrogens is 5. The minimum absolute atomic E-state index is 0.223. The average Bonchev–Trinajstić information content (AvgIpc) is 3.30. The Morgan fingerprint density at radius 2 is 1.94 bits per heavy atom. The largest absolute Gasteiger partial charge is 0.356 e. The molecule has 4 aromatic heterocycles. The number of hydrogen-bond acceptors (Lipinski definition) is 7. The molecule has 0 unspecified atom stereocenters. The van der Waals surface area contributed by atoms with E-state index in [0.29, 0.717) is 17.4 Å². The van der Waals surface area contributed by atoms with Gasteiger partial charge in [-0.05, 0) is 44.2 Å². The van der Waals surface area contributed by atoms with Gasteiger partial charge in [-0.1, -0.05) is 0 Å². The molecule has 1 aliphatic heterocycles. The summed E-state index contributed by atoms with van der Waals surface area (Å²) < 4.78 is 1.74. The topological polar surface area (TPSA) is 101 Å². The van der Waals surface area contributed by atoms with E-state index in [0.717, 1.165) is 53.9 Å². The van der Waals surface area contributed by atoms with E-state index in [4.69, 9.17) is 4.98 Å². The Hall–Kier alpha value is -3.85. The van der Waals surface area contributed by atoms with Crippen molar-refractivity contribution in [3.63, 3.8) is 0 Å². The third-order valence-electron chi connectivity index (χ3n) is 6.05. The number of carbonyl (C=O) groups excluding carboxylic acids is 1. The molecule has 4 aromatic rings. The van der Waals surface area contributed by atoms with Gasteiger partial charge in [-0.25, -0.2) is 15.0 Å². The molecule has 9 nitrogen and oxygen atoms in total. The quantitative estimate of drug-likeness (QED) is 0.490. The normalized spacial score (nSPS) is 14.5. The number of nitrogens with one attached hydrogen (secondary N) is 2. The summed E-state index contributed by atoms with van der Waals surface area (Å²) in [4.78, 5) is 28.7. The number of piperidine rings is 1. The third kappa shape index (κ3) is 4.54. The Bertz CT molecular complexity index is 1290. The SMILES string of the molecule is CNC1CCN(c2cc(C(=O)Nc3cc4nc(-c5cnn(C)c5)ccc4cn3)ccn2)CC1. The predicted octanol–water partition coefficient (Wildman–Crippen LogP) is 2.87. The lowest BCUT2D eigenvalue weighted by molar-refractivity contribution is 0.102. The Labute approximate surface area is 191 Å². The van der Waals surface area contributed by atoms with Crippen molar-refractivity contribution in [1.29, 1.82) is 0 Å². The molecule has 1 fully saturated rings. The van der Waals surface area contributed by atoms with Gasteiger partial charge in [0.1, 0.15) is 11.6 Å². The summed E-state index contributed by atoms with van der Waals surface area (Å²) in [5.74, 6) is 1.06. The van der Waals surface area contributed by atoms with Crippen LogP contribution in [-0.2, 0) is 7.05 Å². The minimum Gasteiger partial charge on any atom is -0.356 e. The maximum Gasteiger partial charge on any atom is 0.257 e. The van der Waals surface area contributed by atoms with E-state index in [9.17, 15) is 4.79 Å². The highest BCUT2D eigenvalue weighted by Gasteiger charge is 2.20. The number of anilines is 2. The molecule has 0 atom stereocenters. The fourth-order valence-electron chi connectivity index (χ4n) is 4.12. The van der Waals surface area contributed by atoms with Crippen LogP contribution in [0.15, 0.2) is 55.1 Å². The predicted molar refractivity (Wildman–Crippen MR) is 128 cm³/mol. The molecule has 0 aromatic carbocycles. The van der Waals surface area contributed by atoms with Crippen LogP contribution in [0.2, 0.25) is 0 Å². The zero-order chi connectivity index (χ0) is 22.8. The zero-order valence-electron chi connectivity index (χ0n) is 18.7. The van der Waals surface area contributed by atoms with Crippen molar-refractivity contribution in [1.82, 2.24) is 30.0 Å². The lowest BCUT2D eigenvalue weighted by Gasteiger charge is -2.32. The first-order chi connectivity index (χ1) is 16.1. The van der Waals surface area contributed by atoms with Crippen LogP contribution in [-0.4, -0.2) is 56.8 Å². The van der Waals surface area contributed by atoms with Gasteiger partial charge in [-0.2, -0.15) is 5.10 Å². The number of aryl methyl sites for hydroxylation is 1. The molecule has 0 radical (unpaired) electrons. The molecule has 1 aliphatic rings. The van der Waals surface area contributed by atoms with E-state index in [2.05, 4.69) is 30.6 Å². The molecule has 5 heterocycles. The fraction of sp³-hybridized carbons (Fsp3) is 0.292. The molecular formula is C24H26N8O. The van der Waals surface area contributed by atoms with Crippen molar-refractivity contribution in [3.8, 4) is 11.3 Å². The second kappa shape index (κ2) is 8.95. The van der Waals surface area contributed by atoms with Crippen LogP contribution in [0.4, 0.5) is 11.6 Å². The summed E-state index contributed by atoms with van der Waals surface area (Å²) in [6.07, 6.45) is 9.22. The van der Waals surface area contributed by atoms with Crippen LogP contribution in [0.3, 0.4) is 0 Å². The van der Waals surface area contributed by atoms with Gasteiger partial charge in [0.2, 0.25) is 0 Å². The molecule has 0 spiro atoms. The minimum atomic E-state index is -0.223. The van der Waals surface area contributed by atoms with Gasteiger partial charge in [0.25, 0.3) is 5.91 Å². The highest BCUT2D eigenvalue weighted by molar-refractivity contribution is 6.04. The Morgan fingerprint density at radius 3 is 2.70 bits per heavy atom. The first-order valence-corrected chi connectivity index (χ1v) is 11.0. The maximum atomic E-state index is 12.9. The molecule has 0 bridgehead atoms. The second-order valence-electron chi connectivity index (χ2n) is 8.27. The molecule has 168 valence electrons. The summed E-state index contributed by atoms with van der Waals surface area (Å²) in [5.41, 5.74) is 3.06. The molecule has 0 aliphatic carbocycles. The first kappa shape index (κ1) is 21.0. The molecule has 1 amide bonds. The summed E-state index contributed by atoms with van der Waals surface area (Å²) in [6.45, 7) is 1.83. The molecule has 2 N–H and O–H groups in total. The Kier molecular flexibility index (Phi) is 5.70. The number of pyridine rings is 3. The van der Waals surface area contributed by atoms with Crippen LogP contribution in [0.25, 0.3) is 22.2 Å². The summed E-state index contributed by atoms with van der Waals surface area (Å²) in [7, 11) is 3.87. The van der Waals surface area contributed by atoms with Crippen molar-refractivity contribution in [3.05, 3.63) is 60.7 Å². The molecular weight excluding hydrogens is 416 g/mol. The number of hydrogen-bond donors (Lipinski definition) is 2. The average molecular weight is 443 g/mol. The van der Waals surface area contributed by atoms with Crippen molar-refractivity contribution >= 4 is 28.4 Å². The molecule has 33 heavy (non-hydrogen) atoms. The number of fused-ring (bicyclic) bond motifs is 1. The number of amides is 1. The van der Waals surface area contributed by atoms with Crippen molar-refractivity contribution in [2.24, 2.45) is 7.05 Å². The number of carbonyl (C=O) groups is 1. The van der Waals surface area contributed by atoms with Gasteiger partial charge in [-0.3, -0.25) is 9.48 Å². The standard InChI is InChI=1S/C24H26N8O/c1-25-19-6-9-32(10-7-19)23-11-16(5-8-26-23)24(33)30-22-12-21-17(13-27-22)3-4-20(29-21)18-14-28-31(2)15-18/h3-5,8,11-15,19,25H,6-7,9-10H2,1-2H3,(H,27,30,33). The van der Waals surface area contributed by atoms with E-state index in [1.807, 2.05) is 38.5 Å². The van der Waals surface area contributed by atoms with Crippen LogP contribution < -0.4 is 15.5 Å². The molecule has 0 saturated carbocycles. The smallest absolute Gasteiger partial charge is 0.257 e. The van der Waals surface area contributed by atoms with E-state index in [1.54, 1.807) is 35.4 Å². The lowest BCUT2D eigenvalue weighted by atomic mass is 10.1. The van der Waals surface area contributed by atoms with Crippen LogP contribution in [0, 0.1) is 0 Å². The van der Waals surface area contributed by atoms with Crippen LogP contribution in [0.1, 0.15) is 23.2 Å². The van der Waals surface area contributed by atoms with E-state index >= 15 is 0 Å². The van der Waals surface area contributed by atoms with Crippen molar-refractivity contribution in [2.75, 3.05) is 30.4 Å². The monoisotopic (exact) mass is 442 g/mol. The maximum absolute atomic E-state index is 12.9. The first-order valence-electron chi connectivity index (χ1n) is 11.0. The molecule has 1 saturated heterocycles. The number of rotatable bonds is 5. The summed E-state index contributed by atoms with van der Waals surface area (Å²) >= 11 is 0. The summed E-state index contributed by atoms with van der Waals surface area (Å²) in [6, 6.07) is 9.80. The molecule has 9 heteroatoms. The zero-order valence-corrected chi connectivity index (χ0v) is 18.7. The lowest BCUT2D eigenvalue weighted by Crippen LogP contribution is -2.41. The van der Waals surface area contributed by atoms with Gasteiger partial charge in [0, 0.05) is 67.3 Å². The highest BCUT2D eigenvalue weighted by atomic mass is 16.1. The third-order valence-corrected chi connectivity index (χ3v) is 6.05. The van der Waals surface area contributed by atoms with Gasteiger partial charge >= 0.3 is 0 Å². The Morgan fingerprint density at radius 1 is 1.09 bits per heavy atom.